The quantitative estimate of drug-likeness (QED) is 0.745. The monoisotopic (exact) mass is 420 g/mol. The largest absolute Gasteiger partial charge is 0.497 e. The first-order valence-corrected chi connectivity index (χ1v) is 10.5. The Bertz CT molecular complexity index is 842. The summed E-state index contributed by atoms with van der Waals surface area (Å²) in [6, 6.07) is 1.76. The van der Waals surface area contributed by atoms with Crippen LogP contribution in [-0.4, -0.2) is 44.1 Å². The van der Waals surface area contributed by atoms with Crippen LogP contribution in [0, 0.1) is 5.82 Å². The van der Waals surface area contributed by atoms with Crippen molar-refractivity contribution >= 4 is 28.5 Å². The van der Waals surface area contributed by atoms with Gasteiger partial charge in [0.15, 0.2) is 0 Å². The van der Waals surface area contributed by atoms with Crippen molar-refractivity contribution in [2.24, 2.45) is 0 Å². The molecule has 2 aliphatic heterocycles. The molecule has 2 heterocycles. The summed E-state index contributed by atoms with van der Waals surface area (Å²) in [5, 5.41) is 0. The Morgan fingerprint density at radius 2 is 1.64 bits per heavy atom. The number of hydrogen-bond acceptors (Lipinski definition) is 4. The zero-order valence-electron chi connectivity index (χ0n) is 16.3. The fraction of sp³-hybridized carbons (Fsp3) is 0.647. The summed E-state index contributed by atoms with van der Waals surface area (Å²) in [6.45, 7) is 7.60. The minimum Gasteiger partial charge on any atom is -0.399 e. The van der Waals surface area contributed by atoms with E-state index < -0.39 is 52.0 Å². The van der Waals surface area contributed by atoms with E-state index in [0.717, 1.165) is 16.4 Å². The van der Waals surface area contributed by atoms with Gasteiger partial charge in [-0.2, -0.15) is 12.7 Å². The van der Waals surface area contributed by atoms with E-state index in [4.69, 9.17) is 9.31 Å². The maximum Gasteiger partial charge on any atom is 0.497 e. The van der Waals surface area contributed by atoms with Crippen LogP contribution in [0.15, 0.2) is 12.1 Å². The maximum absolute atomic E-state index is 15.1. The first-order valence-electron chi connectivity index (χ1n) is 9.09. The Balaban J connectivity index is 2.00. The van der Waals surface area contributed by atoms with E-state index >= 15 is 4.39 Å². The molecule has 6 nitrogen and oxygen atoms in total. The van der Waals surface area contributed by atoms with E-state index in [1.807, 2.05) is 0 Å². The van der Waals surface area contributed by atoms with Gasteiger partial charge in [-0.25, -0.2) is 13.2 Å². The molecule has 0 spiro atoms. The zero-order valence-corrected chi connectivity index (χ0v) is 17.1. The van der Waals surface area contributed by atoms with Gasteiger partial charge in [-0.3, -0.25) is 4.72 Å². The predicted octanol–water partition coefficient (Wildman–Crippen LogP) is 2.82. The number of alkyl halides is 2. The normalized spacial score (nSPS) is 22.2. The molecule has 0 radical (unpaired) electrons. The third-order valence-corrected chi connectivity index (χ3v) is 7.05. The van der Waals surface area contributed by atoms with Gasteiger partial charge in [0.25, 0.3) is 6.43 Å². The molecule has 1 aromatic carbocycles. The Morgan fingerprint density at radius 3 is 2.14 bits per heavy atom. The lowest BCUT2D eigenvalue weighted by Crippen LogP contribution is -2.41. The van der Waals surface area contributed by atoms with Gasteiger partial charge in [0, 0.05) is 24.1 Å². The number of halogens is 3. The molecule has 0 atom stereocenters. The van der Waals surface area contributed by atoms with E-state index in [9.17, 15) is 17.2 Å². The van der Waals surface area contributed by atoms with Gasteiger partial charge in [-0.15, -0.1) is 0 Å². The second-order valence-electron chi connectivity index (χ2n) is 8.07. The Kier molecular flexibility index (Phi) is 5.50. The third-order valence-electron chi connectivity index (χ3n) is 5.53. The van der Waals surface area contributed by atoms with Gasteiger partial charge in [0.1, 0.15) is 5.82 Å². The van der Waals surface area contributed by atoms with E-state index in [1.165, 1.54) is 0 Å². The topological polar surface area (TPSA) is 67.9 Å². The summed E-state index contributed by atoms with van der Waals surface area (Å²) in [7, 11) is -5.28. The van der Waals surface area contributed by atoms with Gasteiger partial charge >= 0.3 is 17.3 Å². The molecule has 0 unspecified atom stereocenters. The lowest BCUT2D eigenvalue weighted by Gasteiger charge is -2.32. The van der Waals surface area contributed by atoms with Crippen molar-refractivity contribution < 1.29 is 30.9 Å². The summed E-state index contributed by atoms with van der Waals surface area (Å²) in [6.07, 6.45) is -1.53. The molecule has 0 amide bonds. The van der Waals surface area contributed by atoms with Crippen LogP contribution in [0.5, 0.6) is 0 Å². The smallest absolute Gasteiger partial charge is 0.399 e. The molecule has 0 bridgehead atoms. The predicted molar refractivity (Wildman–Crippen MR) is 100 cm³/mol. The molecule has 0 aromatic heterocycles. The van der Waals surface area contributed by atoms with Crippen molar-refractivity contribution in [1.29, 1.82) is 0 Å². The van der Waals surface area contributed by atoms with Crippen LogP contribution in [0.25, 0.3) is 0 Å². The average Bonchev–Trinajstić information content (AvgIpc) is 3.16. The molecular formula is C17H24BF3N2O4S. The SMILES string of the molecule is CC1(C)OB(c2cc(C(F)F)cc(NS(=O)(=O)N3CCCC3)c2F)OC1(C)C. The van der Waals surface area contributed by atoms with Crippen LogP contribution in [0.1, 0.15) is 52.5 Å². The van der Waals surface area contributed by atoms with Gasteiger partial charge < -0.3 is 9.31 Å². The molecule has 3 rings (SSSR count). The Morgan fingerprint density at radius 1 is 1.11 bits per heavy atom. The first kappa shape index (κ1) is 21.4. The summed E-state index contributed by atoms with van der Waals surface area (Å²) in [5.41, 5.74) is -2.95. The minimum atomic E-state index is -4.05. The molecule has 2 fully saturated rings. The van der Waals surface area contributed by atoms with Crippen LogP contribution >= 0.6 is 0 Å². The Hall–Kier alpha value is -1.30. The lowest BCUT2D eigenvalue weighted by molar-refractivity contribution is 0.00578. The van der Waals surface area contributed by atoms with E-state index in [1.54, 1.807) is 27.7 Å². The van der Waals surface area contributed by atoms with E-state index in [0.29, 0.717) is 25.9 Å². The fourth-order valence-electron chi connectivity index (χ4n) is 3.14. The van der Waals surface area contributed by atoms with E-state index in [-0.39, 0.29) is 5.46 Å². The summed E-state index contributed by atoms with van der Waals surface area (Å²) in [5.74, 6) is -0.995. The highest BCUT2D eigenvalue weighted by molar-refractivity contribution is 7.90. The van der Waals surface area contributed by atoms with Crippen molar-refractivity contribution in [1.82, 2.24) is 4.31 Å². The minimum absolute atomic E-state index is 0.268. The fourth-order valence-corrected chi connectivity index (χ4v) is 4.44. The molecule has 28 heavy (non-hydrogen) atoms. The van der Waals surface area contributed by atoms with Gasteiger partial charge in [-0.05, 0) is 46.6 Å². The van der Waals surface area contributed by atoms with Crippen molar-refractivity contribution in [3.8, 4) is 0 Å². The standard InChI is InChI=1S/C17H24BF3N2O4S/c1-16(2)17(3,4)27-18(26-16)12-9-11(15(20)21)10-13(14(12)19)22-28(24,25)23-7-5-6-8-23/h9-10,15,22H,5-8H2,1-4H3. The third kappa shape index (κ3) is 3.89. The molecular weight excluding hydrogens is 396 g/mol. The molecule has 0 aliphatic carbocycles. The van der Waals surface area contributed by atoms with Crippen LogP contribution in [0.3, 0.4) is 0 Å². The van der Waals surface area contributed by atoms with Crippen molar-refractivity contribution in [3.63, 3.8) is 0 Å². The highest BCUT2D eigenvalue weighted by atomic mass is 32.2. The molecule has 2 aliphatic rings. The number of nitrogens with zero attached hydrogens (tertiary/aromatic N) is 1. The maximum atomic E-state index is 15.1. The van der Waals surface area contributed by atoms with Crippen molar-refractivity contribution in [2.75, 3.05) is 17.8 Å². The molecule has 1 aromatic rings. The van der Waals surface area contributed by atoms with Crippen LogP contribution in [0.2, 0.25) is 0 Å². The molecule has 156 valence electrons. The zero-order chi connectivity index (χ0) is 20.9. The molecule has 0 saturated carbocycles. The summed E-state index contributed by atoms with van der Waals surface area (Å²) >= 11 is 0. The average molecular weight is 420 g/mol. The number of rotatable bonds is 5. The number of nitrogens with one attached hydrogen (secondary N) is 1. The number of benzene rings is 1. The molecule has 2 saturated heterocycles. The summed E-state index contributed by atoms with van der Waals surface area (Å²) in [4.78, 5) is 0. The number of anilines is 1. The lowest BCUT2D eigenvalue weighted by atomic mass is 9.77. The van der Waals surface area contributed by atoms with Gasteiger partial charge in [0.2, 0.25) is 0 Å². The first-order chi connectivity index (χ1) is 12.8. The number of hydrogen-bond donors (Lipinski definition) is 1. The van der Waals surface area contributed by atoms with Crippen molar-refractivity contribution in [2.45, 2.75) is 58.2 Å². The second-order valence-corrected chi connectivity index (χ2v) is 9.74. The van der Waals surface area contributed by atoms with Gasteiger partial charge in [0.05, 0.1) is 16.9 Å². The van der Waals surface area contributed by atoms with Crippen LogP contribution in [0.4, 0.5) is 18.9 Å². The molecule has 11 heteroatoms. The Labute approximate surface area is 163 Å². The van der Waals surface area contributed by atoms with Crippen LogP contribution < -0.4 is 10.2 Å². The van der Waals surface area contributed by atoms with Gasteiger partial charge in [-0.1, -0.05) is 6.07 Å². The van der Waals surface area contributed by atoms with E-state index in [2.05, 4.69) is 4.72 Å². The molecule has 1 N–H and O–H groups in total. The van der Waals surface area contributed by atoms with Crippen LogP contribution in [-0.2, 0) is 19.5 Å². The highest BCUT2D eigenvalue weighted by Gasteiger charge is 2.52. The highest BCUT2D eigenvalue weighted by Crippen LogP contribution is 2.37. The second kappa shape index (κ2) is 7.19. The summed E-state index contributed by atoms with van der Waals surface area (Å²) < 4.78 is 81.6. The van der Waals surface area contributed by atoms with Crippen molar-refractivity contribution in [3.05, 3.63) is 23.5 Å².